The summed E-state index contributed by atoms with van der Waals surface area (Å²) in [6.07, 6.45) is 7.93. The molecule has 0 aliphatic carbocycles. The van der Waals surface area contributed by atoms with Gasteiger partial charge in [0.05, 0.1) is 18.7 Å². The summed E-state index contributed by atoms with van der Waals surface area (Å²) >= 11 is 12.0. The van der Waals surface area contributed by atoms with Crippen LogP contribution in [0.15, 0.2) is 66.8 Å². The summed E-state index contributed by atoms with van der Waals surface area (Å²) in [5.74, 6) is -0.00893. The van der Waals surface area contributed by atoms with Gasteiger partial charge >= 0.3 is 6.09 Å². The molecule has 0 aliphatic rings. The third-order valence-electron chi connectivity index (χ3n) is 3.80. The SMILES string of the molecule is COc1ccc(C=CC=CC(=O)N(CC=Cc2ccc(Cl)cc2)C(=O)O)c(Cl)c1. The van der Waals surface area contributed by atoms with E-state index in [2.05, 4.69) is 0 Å². The van der Waals surface area contributed by atoms with Crippen molar-refractivity contribution in [3.8, 4) is 5.75 Å². The van der Waals surface area contributed by atoms with Crippen molar-refractivity contribution >= 4 is 47.4 Å². The van der Waals surface area contributed by atoms with Gasteiger partial charge in [0.15, 0.2) is 0 Å². The van der Waals surface area contributed by atoms with E-state index >= 15 is 0 Å². The minimum atomic E-state index is -1.33. The number of ether oxygens (including phenoxy) is 1. The van der Waals surface area contributed by atoms with Crippen molar-refractivity contribution in [2.75, 3.05) is 13.7 Å². The van der Waals surface area contributed by atoms with Crippen LogP contribution in [0.5, 0.6) is 5.75 Å². The maximum atomic E-state index is 12.2. The number of imide groups is 1. The molecule has 0 spiro atoms. The molecule has 29 heavy (non-hydrogen) atoms. The topological polar surface area (TPSA) is 66.8 Å². The van der Waals surface area contributed by atoms with Crippen LogP contribution in [0, 0.1) is 0 Å². The summed E-state index contributed by atoms with van der Waals surface area (Å²) in [7, 11) is 1.55. The van der Waals surface area contributed by atoms with Gasteiger partial charge in [-0.05, 0) is 41.5 Å². The van der Waals surface area contributed by atoms with Crippen molar-refractivity contribution in [1.29, 1.82) is 0 Å². The van der Waals surface area contributed by atoms with Crippen molar-refractivity contribution in [3.05, 3.63) is 87.9 Å². The Morgan fingerprint density at radius 3 is 2.41 bits per heavy atom. The number of hydrogen-bond donors (Lipinski definition) is 1. The molecule has 2 amide bonds. The van der Waals surface area contributed by atoms with Crippen LogP contribution in [-0.4, -0.2) is 35.7 Å². The van der Waals surface area contributed by atoms with Crippen molar-refractivity contribution in [2.24, 2.45) is 0 Å². The van der Waals surface area contributed by atoms with E-state index in [1.807, 2.05) is 0 Å². The third kappa shape index (κ3) is 7.14. The molecule has 0 fully saturated rings. The summed E-state index contributed by atoms with van der Waals surface area (Å²) < 4.78 is 5.08. The smallest absolute Gasteiger partial charge is 0.414 e. The number of allylic oxidation sites excluding steroid dienone is 2. The summed E-state index contributed by atoms with van der Waals surface area (Å²) in [6.45, 7) is -0.0743. The van der Waals surface area contributed by atoms with E-state index in [1.165, 1.54) is 12.2 Å². The molecule has 0 aromatic heterocycles. The second kappa shape index (κ2) is 11.1. The number of nitrogens with zero attached hydrogens (tertiary/aromatic N) is 1. The zero-order chi connectivity index (χ0) is 21.2. The van der Waals surface area contributed by atoms with E-state index < -0.39 is 12.0 Å². The van der Waals surface area contributed by atoms with Gasteiger partial charge in [-0.3, -0.25) is 4.79 Å². The first-order valence-corrected chi connectivity index (χ1v) is 9.31. The van der Waals surface area contributed by atoms with Gasteiger partial charge in [0.1, 0.15) is 5.75 Å². The van der Waals surface area contributed by atoms with Crippen molar-refractivity contribution < 1.29 is 19.4 Å². The van der Waals surface area contributed by atoms with Gasteiger partial charge in [0.25, 0.3) is 5.91 Å². The molecule has 0 atom stereocenters. The van der Waals surface area contributed by atoms with Gasteiger partial charge < -0.3 is 9.84 Å². The Bertz CT molecular complexity index is 950. The van der Waals surface area contributed by atoms with Gasteiger partial charge in [-0.15, -0.1) is 0 Å². The number of benzene rings is 2. The molecule has 7 heteroatoms. The molecule has 1 N–H and O–H groups in total. The molecule has 0 bridgehead atoms. The van der Waals surface area contributed by atoms with E-state index in [0.29, 0.717) is 20.7 Å². The Morgan fingerprint density at radius 2 is 1.79 bits per heavy atom. The van der Waals surface area contributed by atoms with E-state index in [-0.39, 0.29) is 6.54 Å². The van der Waals surface area contributed by atoms with Crippen LogP contribution in [0.3, 0.4) is 0 Å². The molecule has 2 aromatic carbocycles. The van der Waals surface area contributed by atoms with Crippen LogP contribution >= 0.6 is 23.2 Å². The van der Waals surface area contributed by atoms with Gasteiger partial charge in [-0.2, -0.15) is 0 Å². The lowest BCUT2D eigenvalue weighted by atomic mass is 10.2. The maximum Gasteiger partial charge on any atom is 0.414 e. The molecule has 5 nitrogen and oxygen atoms in total. The number of carboxylic acid groups (broad SMARTS) is 1. The summed E-state index contributed by atoms with van der Waals surface area (Å²) in [5, 5.41) is 10.4. The average molecular weight is 432 g/mol. The molecule has 0 unspecified atom stereocenters. The first-order chi connectivity index (χ1) is 13.9. The van der Waals surface area contributed by atoms with Crippen LogP contribution in [0.4, 0.5) is 4.79 Å². The zero-order valence-corrected chi connectivity index (χ0v) is 17.1. The largest absolute Gasteiger partial charge is 0.497 e. The van der Waals surface area contributed by atoms with E-state index in [0.717, 1.165) is 11.1 Å². The first-order valence-electron chi connectivity index (χ1n) is 8.55. The van der Waals surface area contributed by atoms with Crippen LogP contribution < -0.4 is 4.74 Å². The van der Waals surface area contributed by atoms with E-state index in [9.17, 15) is 14.7 Å². The second-order valence-corrected chi connectivity index (χ2v) is 6.63. The van der Waals surface area contributed by atoms with Crippen molar-refractivity contribution in [2.45, 2.75) is 0 Å². The molecule has 2 rings (SSSR count). The lowest BCUT2D eigenvalue weighted by Crippen LogP contribution is -2.34. The molecule has 0 heterocycles. The minimum absolute atomic E-state index is 0.0743. The van der Waals surface area contributed by atoms with Crippen molar-refractivity contribution in [3.63, 3.8) is 0 Å². The molecule has 150 valence electrons. The molecule has 2 aromatic rings. The molecule has 0 saturated carbocycles. The number of methoxy groups -OCH3 is 1. The number of halogens is 2. The monoisotopic (exact) mass is 431 g/mol. The lowest BCUT2D eigenvalue weighted by molar-refractivity contribution is -0.123. The predicted octanol–water partition coefficient (Wildman–Crippen LogP) is 5.79. The van der Waals surface area contributed by atoms with Gasteiger partial charge in [0, 0.05) is 11.1 Å². The second-order valence-electron chi connectivity index (χ2n) is 5.79. The average Bonchev–Trinajstić information content (AvgIpc) is 2.70. The molecule has 0 saturated heterocycles. The fourth-order valence-electron chi connectivity index (χ4n) is 2.29. The molecular formula is C22H19Cl2NO4. The van der Waals surface area contributed by atoms with Gasteiger partial charge in [-0.25, -0.2) is 9.69 Å². The lowest BCUT2D eigenvalue weighted by Gasteiger charge is -2.12. The highest BCUT2D eigenvalue weighted by atomic mass is 35.5. The fourth-order valence-corrected chi connectivity index (χ4v) is 2.65. The summed E-state index contributed by atoms with van der Waals surface area (Å²) in [4.78, 5) is 24.2. The Morgan fingerprint density at radius 1 is 1.07 bits per heavy atom. The first kappa shape index (κ1) is 22.3. The summed E-state index contributed by atoms with van der Waals surface area (Å²) in [6, 6.07) is 12.3. The Balaban J connectivity index is 1.97. The number of carbonyl (C=O) groups is 2. The normalized spacial score (nSPS) is 11.4. The molecular weight excluding hydrogens is 413 g/mol. The number of carbonyl (C=O) groups excluding carboxylic acids is 1. The van der Waals surface area contributed by atoms with E-state index in [4.69, 9.17) is 27.9 Å². The van der Waals surface area contributed by atoms with Crippen molar-refractivity contribution in [1.82, 2.24) is 4.90 Å². The van der Waals surface area contributed by atoms with Gasteiger partial charge in [0.2, 0.25) is 0 Å². The highest BCUT2D eigenvalue weighted by Crippen LogP contribution is 2.23. The van der Waals surface area contributed by atoms with E-state index in [1.54, 1.807) is 73.9 Å². The quantitative estimate of drug-likeness (QED) is 0.444. The maximum absolute atomic E-state index is 12.2. The highest BCUT2D eigenvalue weighted by molar-refractivity contribution is 6.32. The van der Waals surface area contributed by atoms with Crippen LogP contribution in [0.2, 0.25) is 10.0 Å². The van der Waals surface area contributed by atoms with Crippen LogP contribution in [0.25, 0.3) is 12.2 Å². The minimum Gasteiger partial charge on any atom is -0.497 e. The predicted molar refractivity (Wildman–Crippen MR) is 116 cm³/mol. The fraction of sp³-hybridized carbons (Fsp3) is 0.0909. The summed E-state index contributed by atoms with van der Waals surface area (Å²) in [5.41, 5.74) is 1.59. The Labute approximate surface area is 179 Å². The highest BCUT2D eigenvalue weighted by Gasteiger charge is 2.16. The number of amides is 2. The Hall–Kier alpha value is -3.02. The zero-order valence-electron chi connectivity index (χ0n) is 15.6. The van der Waals surface area contributed by atoms with Crippen LogP contribution in [0.1, 0.15) is 11.1 Å². The Kier molecular flexibility index (Phi) is 8.52. The van der Waals surface area contributed by atoms with Gasteiger partial charge in [-0.1, -0.05) is 65.7 Å². The molecule has 0 radical (unpaired) electrons. The van der Waals surface area contributed by atoms with Crippen LogP contribution in [-0.2, 0) is 4.79 Å². The molecule has 0 aliphatic heterocycles. The standard InChI is InChI=1S/C22H19Cl2NO4/c1-29-19-13-10-17(20(24)15-19)6-2-3-7-21(26)25(22(27)28)14-4-5-16-8-11-18(23)12-9-16/h2-13,15H,14H2,1H3,(H,27,28). The third-order valence-corrected chi connectivity index (χ3v) is 4.38. The number of hydrogen-bond acceptors (Lipinski definition) is 3. The number of rotatable bonds is 7.